The normalized spacial score (nSPS) is 24.0. The largest absolute Gasteiger partial charge is 0.466 e. The van der Waals surface area contributed by atoms with E-state index in [-0.39, 0.29) is 18.2 Å². The molecular formula is C19H21F3N2O4. The molecular weight excluding hydrogens is 377 g/mol. The summed E-state index contributed by atoms with van der Waals surface area (Å²) in [4.78, 5) is 39.1. The molecule has 9 heteroatoms. The van der Waals surface area contributed by atoms with Crippen LogP contribution in [-0.4, -0.2) is 42.4 Å². The zero-order chi connectivity index (χ0) is 20.5. The minimum absolute atomic E-state index is 0.0401. The van der Waals surface area contributed by atoms with Crippen molar-refractivity contribution in [2.45, 2.75) is 25.9 Å². The summed E-state index contributed by atoms with van der Waals surface area (Å²) < 4.78 is 43.5. The van der Waals surface area contributed by atoms with Crippen LogP contribution in [0, 0.1) is 17.8 Å². The lowest BCUT2D eigenvalue weighted by Crippen LogP contribution is -2.31. The van der Waals surface area contributed by atoms with E-state index >= 15 is 0 Å². The summed E-state index contributed by atoms with van der Waals surface area (Å²) in [6.45, 7) is 2.89. The van der Waals surface area contributed by atoms with Gasteiger partial charge in [0.05, 0.1) is 29.9 Å². The number of nitrogens with one attached hydrogen (secondary N) is 1. The van der Waals surface area contributed by atoms with Crippen molar-refractivity contribution in [3.8, 4) is 0 Å². The molecule has 3 atom stereocenters. The molecule has 0 radical (unpaired) electrons. The molecule has 1 N–H and O–H groups in total. The first-order chi connectivity index (χ1) is 13.2. The Bertz CT molecular complexity index is 775. The summed E-state index contributed by atoms with van der Waals surface area (Å²) in [5, 5.41) is 2.40. The van der Waals surface area contributed by atoms with Crippen LogP contribution in [-0.2, 0) is 25.3 Å². The number of anilines is 1. The van der Waals surface area contributed by atoms with Gasteiger partial charge in [0.2, 0.25) is 11.8 Å². The van der Waals surface area contributed by atoms with Crippen LogP contribution in [0.15, 0.2) is 24.3 Å². The van der Waals surface area contributed by atoms with Crippen LogP contribution in [0.5, 0.6) is 0 Å². The summed E-state index contributed by atoms with van der Waals surface area (Å²) >= 11 is 0. The first-order valence-electron chi connectivity index (χ1n) is 9.17. The van der Waals surface area contributed by atoms with Crippen molar-refractivity contribution in [3.63, 3.8) is 0 Å². The molecule has 1 aromatic rings. The Hall–Kier alpha value is -2.58. The molecule has 1 saturated heterocycles. The Morgan fingerprint density at radius 2 is 1.82 bits per heavy atom. The second-order valence-electron chi connectivity index (χ2n) is 6.93. The number of nitrogens with zero attached hydrogens (tertiary/aromatic N) is 1. The minimum Gasteiger partial charge on any atom is -0.466 e. The van der Waals surface area contributed by atoms with Crippen LogP contribution in [0.25, 0.3) is 0 Å². The number of hydrogen-bond acceptors (Lipinski definition) is 4. The summed E-state index contributed by atoms with van der Waals surface area (Å²) in [5.74, 6) is -4.25. The van der Waals surface area contributed by atoms with Gasteiger partial charge in [0, 0.05) is 18.8 Å². The third-order valence-corrected chi connectivity index (χ3v) is 5.04. The summed E-state index contributed by atoms with van der Waals surface area (Å²) in [6, 6.07) is 4.22. The Balaban J connectivity index is 1.74. The molecule has 3 rings (SSSR count). The van der Waals surface area contributed by atoms with Crippen molar-refractivity contribution in [2.75, 3.05) is 25.0 Å². The van der Waals surface area contributed by atoms with E-state index < -0.39 is 41.4 Å². The maximum absolute atomic E-state index is 12.8. The number of carbonyl (C=O) groups is 3. The van der Waals surface area contributed by atoms with Crippen LogP contribution < -0.4 is 5.32 Å². The van der Waals surface area contributed by atoms with E-state index in [0.717, 1.165) is 25.0 Å². The number of hydrogen-bond donors (Lipinski definition) is 1. The van der Waals surface area contributed by atoms with Crippen LogP contribution in [0.2, 0.25) is 0 Å². The Morgan fingerprint density at radius 3 is 2.43 bits per heavy atom. The number of rotatable bonds is 5. The van der Waals surface area contributed by atoms with Crippen LogP contribution in [0.3, 0.4) is 0 Å². The number of likely N-dealkylation sites (tertiary alicyclic amines) is 1. The molecule has 0 bridgehead atoms. The van der Waals surface area contributed by atoms with Gasteiger partial charge >= 0.3 is 12.1 Å². The van der Waals surface area contributed by atoms with Crippen molar-refractivity contribution < 1.29 is 32.3 Å². The Morgan fingerprint density at radius 1 is 1.14 bits per heavy atom. The van der Waals surface area contributed by atoms with Crippen LogP contribution >= 0.6 is 0 Å². The molecule has 2 aliphatic rings. The van der Waals surface area contributed by atoms with Gasteiger partial charge in [-0.2, -0.15) is 13.2 Å². The quantitative estimate of drug-likeness (QED) is 0.774. The second kappa shape index (κ2) is 7.81. The first kappa shape index (κ1) is 20.2. The highest BCUT2D eigenvalue weighted by molar-refractivity contribution is 6.05. The number of esters is 1. The lowest BCUT2D eigenvalue weighted by molar-refractivity contribution is -0.147. The zero-order valence-corrected chi connectivity index (χ0v) is 15.3. The van der Waals surface area contributed by atoms with Gasteiger partial charge in [-0.25, -0.2) is 0 Å². The number of ether oxygens (including phenoxy) is 1. The van der Waals surface area contributed by atoms with E-state index in [4.69, 9.17) is 4.74 Å². The van der Waals surface area contributed by atoms with E-state index in [0.29, 0.717) is 13.1 Å². The van der Waals surface area contributed by atoms with Crippen molar-refractivity contribution in [3.05, 3.63) is 29.8 Å². The molecule has 1 aromatic carbocycles. The lowest BCUT2D eigenvalue weighted by atomic mass is 10.2. The molecule has 28 heavy (non-hydrogen) atoms. The molecule has 1 saturated carbocycles. The average molecular weight is 398 g/mol. The molecule has 0 aromatic heterocycles. The molecule has 2 fully saturated rings. The van der Waals surface area contributed by atoms with E-state index in [2.05, 4.69) is 5.32 Å². The molecule has 0 unspecified atom stereocenters. The minimum atomic E-state index is -4.54. The maximum atomic E-state index is 12.8. The SMILES string of the molecule is CCOC(=O)[C@H]1[C@H](C(=O)Nc2cccc(C(F)(F)F)c2)[C@@H]1C(=O)N1CCCC1. The number of alkyl halides is 3. The van der Waals surface area contributed by atoms with Crippen LogP contribution in [0.1, 0.15) is 25.3 Å². The molecule has 0 spiro atoms. The van der Waals surface area contributed by atoms with Gasteiger partial charge < -0.3 is 15.0 Å². The third-order valence-electron chi connectivity index (χ3n) is 5.04. The lowest BCUT2D eigenvalue weighted by Gasteiger charge is -2.15. The average Bonchev–Trinajstić information content (AvgIpc) is 3.15. The highest BCUT2D eigenvalue weighted by Gasteiger charge is 2.64. The zero-order valence-electron chi connectivity index (χ0n) is 15.3. The number of halogens is 3. The van der Waals surface area contributed by atoms with Crippen molar-refractivity contribution >= 4 is 23.5 Å². The van der Waals surface area contributed by atoms with E-state index in [9.17, 15) is 27.6 Å². The van der Waals surface area contributed by atoms with E-state index in [1.165, 1.54) is 12.1 Å². The van der Waals surface area contributed by atoms with Crippen molar-refractivity contribution in [2.24, 2.45) is 17.8 Å². The maximum Gasteiger partial charge on any atom is 0.416 e. The third kappa shape index (κ3) is 4.13. The van der Waals surface area contributed by atoms with Gasteiger partial charge in [-0.1, -0.05) is 6.07 Å². The smallest absolute Gasteiger partial charge is 0.416 e. The predicted molar refractivity (Wildman–Crippen MR) is 93.0 cm³/mol. The van der Waals surface area contributed by atoms with Gasteiger partial charge in [0.25, 0.3) is 0 Å². The first-order valence-corrected chi connectivity index (χ1v) is 9.17. The number of benzene rings is 1. The summed E-state index contributed by atoms with van der Waals surface area (Å²) in [7, 11) is 0. The summed E-state index contributed by atoms with van der Waals surface area (Å²) in [6.07, 6.45) is -2.81. The van der Waals surface area contributed by atoms with Crippen LogP contribution in [0.4, 0.5) is 18.9 Å². The summed E-state index contributed by atoms with van der Waals surface area (Å²) in [5.41, 5.74) is -0.936. The fourth-order valence-corrected chi connectivity index (χ4v) is 3.62. The Kier molecular flexibility index (Phi) is 5.62. The second-order valence-corrected chi connectivity index (χ2v) is 6.93. The fraction of sp³-hybridized carbons (Fsp3) is 0.526. The molecule has 2 amide bonds. The number of amides is 2. The number of carbonyl (C=O) groups excluding carboxylic acids is 3. The predicted octanol–water partition coefficient (Wildman–Crippen LogP) is 2.69. The van der Waals surface area contributed by atoms with Gasteiger partial charge in [0.1, 0.15) is 0 Å². The molecule has 1 aliphatic carbocycles. The van der Waals surface area contributed by atoms with Gasteiger partial charge in [-0.15, -0.1) is 0 Å². The molecule has 1 aliphatic heterocycles. The monoisotopic (exact) mass is 398 g/mol. The van der Waals surface area contributed by atoms with Gasteiger partial charge in [0.15, 0.2) is 0 Å². The van der Waals surface area contributed by atoms with Crippen molar-refractivity contribution in [1.82, 2.24) is 4.90 Å². The van der Waals surface area contributed by atoms with E-state index in [1.807, 2.05) is 0 Å². The fourth-order valence-electron chi connectivity index (χ4n) is 3.62. The highest BCUT2D eigenvalue weighted by atomic mass is 19.4. The molecule has 152 valence electrons. The molecule has 6 nitrogen and oxygen atoms in total. The Labute approximate surface area is 160 Å². The van der Waals surface area contributed by atoms with Gasteiger partial charge in [-0.05, 0) is 38.0 Å². The van der Waals surface area contributed by atoms with Gasteiger partial charge in [-0.3, -0.25) is 14.4 Å². The standard InChI is InChI=1S/C19H21F3N2O4/c1-2-28-18(27)15-13(14(15)17(26)24-8-3-4-9-24)16(25)23-12-7-5-6-11(10-12)19(20,21)22/h5-7,10,13-15H,2-4,8-9H2,1H3,(H,23,25)/t13-,14+,15+/m1/s1. The van der Waals surface area contributed by atoms with E-state index in [1.54, 1.807) is 11.8 Å². The molecule has 1 heterocycles. The topological polar surface area (TPSA) is 75.7 Å². The highest BCUT2D eigenvalue weighted by Crippen LogP contribution is 2.49. The van der Waals surface area contributed by atoms with Crippen molar-refractivity contribution in [1.29, 1.82) is 0 Å².